The maximum atomic E-state index is 12.4. The molecule has 1 amide bonds. The first-order valence-electron chi connectivity index (χ1n) is 7.67. The van der Waals surface area contributed by atoms with E-state index in [1.165, 1.54) is 6.26 Å². The molecule has 0 saturated heterocycles. The molecule has 6 heteroatoms. The molecule has 1 aliphatic rings. The maximum absolute atomic E-state index is 12.4. The second-order valence-corrected chi connectivity index (χ2v) is 8.15. The van der Waals surface area contributed by atoms with Gasteiger partial charge in [-0.25, -0.2) is 8.42 Å². The third-order valence-electron chi connectivity index (χ3n) is 3.90. The predicted molar refractivity (Wildman–Crippen MR) is 91.5 cm³/mol. The van der Waals surface area contributed by atoms with Crippen LogP contribution >= 0.6 is 0 Å². The molecule has 0 fully saturated rings. The van der Waals surface area contributed by atoms with Crippen LogP contribution in [0.4, 0.5) is 0 Å². The lowest BCUT2D eigenvalue weighted by molar-refractivity contribution is -0.122. The Morgan fingerprint density at radius 2 is 1.92 bits per heavy atom. The minimum absolute atomic E-state index is 0.00136. The Balaban J connectivity index is 1.64. The molecule has 0 spiro atoms. The Kier molecular flexibility index (Phi) is 4.57. The highest BCUT2D eigenvalue weighted by atomic mass is 32.2. The molecule has 0 aromatic heterocycles. The van der Waals surface area contributed by atoms with Crippen molar-refractivity contribution < 1.29 is 17.9 Å². The highest BCUT2D eigenvalue weighted by Gasteiger charge is 2.29. The van der Waals surface area contributed by atoms with E-state index in [2.05, 4.69) is 5.32 Å². The summed E-state index contributed by atoms with van der Waals surface area (Å²) in [5, 5.41) is 2.90. The highest BCUT2D eigenvalue weighted by molar-refractivity contribution is 7.89. The highest BCUT2D eigenvalue weighted by Crippen LogP contribution is 2.33. The Labute approximate surface area is 141 Å². The molecule has 2 aromatic rings. The summed E-state index contributed by atoms with van der Waals surface area (Å²) < 4.78 is 28.3. The Morgan fingerprint density at radius 1 is 1.17 bits per heavy atom. The van der Waals surface area contributed by atoms with Crippen LogP contribution in [0.15, 0.2) is 48.5 Å². The lowest BCUT2D eigenvalue weighted by Gasteiger charge is -2.11. The molecule has 1 N–H and O–H groups in total. The summed E-state index contributed by atoms with van der Waals surface area (Å²) >= 11 is 0. The Hall–Kier alpha value is -2.34. The van der Waals surface area contributed by atoms with Gasteiger partial charge in [-0.1, -0.05) is 42.5 Å². The quantitative estimate of drug-likeness (QED) is 0.900. The maximum Gasteiger partial charge on any atom is 0.231 e. The smallest absolute Gasteiger partial charge is 0.231 e. The van der Waals surface area contributed by atoms with Crippen molar-refractivity contribution in [2.24, 2.45) is 0 Å². The zero-order chi connectivity index (χ0) is 17.2. The Morgan fingerprint density at radius 3 is 2.71 bits per heavy atom. The van der Waals surface area contributed by atoms with Crippen LogP contribution in [0.3, 0.4) is 0 Å². The summed E-state index contributed by atoms with van der Waals surface area (Å²) in [7, 11) is -3.08. The van der Waals surface area contributed by atoms with E-state index in [0.29, 0.717) is 13.2 Å². The first-order valence-corrected chi connectivity index (χ1v) is 9.73. The number of benzene rings is 2. The fourth-order valence-corrected chi connectivity index (χ4v) is 3.61. The molecule has 1 heterocycles. The molecule has 126 valence electrons. The summed E-state index contributed by atoms with van der Waals surface area (Å²) in [5.74, 6) is 0.361. The molecule has 0 aliphatic carbocycles. The summed E-state index contributed by atoms with van der Waals surface area (Å²) in [4.78, 5) is 12.4. The molecule has 0 unspecified atom stereocenters. The number of hydrogen-bond donors (Lipinski definition) is 1. The van der Waals surface area contributed by atoms with Crippen LogP contribution in [0.2, 0.25) is 0 Å². The third kappa shape index (κ3) is 3.94. The first kappa shape index (κ1) is 16.5. The van der Waals surface area contributed by atoms with E-state index in [1.54, 1.807) is 18.2 Å². The molecule has 0 bridgehead atoms. The fraction of sp³-hybridized carbons (Fsp3) is 0.278. The van der Waals surface area contributed by atoms with Gasteiger partial charge in [0.15, 0.2) is 9.84 Å². The van der Waals surface area contributed by atoms with Gasteiger partial charge < -0.3 is 10.1 Å². The average molecular weight is 345 g/mol. The molecule has 1 aliphatic heterocycles. The van der Waals surface area contributed by atoms with Gasteiger partial charge in [0.2, 0.25) is 5.91 Å². The molecule has 3 rings (SSSR count). The van der Waals surface area contributed by atoms with Gasteiger partial charge in [-0.05, 0) is 17.2 Å². The van der Waals surface area contributed by atoms with Crippen LogP contribution < -0.4 is 10.1 Å². The number of carbonyl (C=O) groups is 1. The van der Waals surface area contributed by atoms with Crippen molar-refractivity contribution >= 4 is 15.7 Å². The van der Waals surface area contributed by atoms with Crippen molar-refractivity contribution in [3.05, 3.63) is 65.2 Å². The zero-order valence-corrected chi connectivity index (χ0v) is 14.2. The second-order valence-electron chi connectivity index (χ2n) is 6.01. The predicted octanol–water partition coefficient (Wildman–Crippen LogP) is 2.02. The lowest BCUT2D eigenvalue weighted by Crippen LogP contribution is -2.29. The van der Waals surface area contributed by atoms with Crippen molar-refractivity contribution in [1.82, 2.24) is 5.32 Å². The van der Waals surface area contributed by atoms with Crippen LogP contribution in [-0.4, -0.2) is 27.2 Å². The number of carbonyl (C=O) groups excluding carboxylic acids is 1. The molecule has 1 atom stereocenters. The van der Waals surface area contributed by atoms with Gasteiger partial charge in [-0.3, -0.25) is 4.79 Å². The van der Waals surface area contributed by atoms with Crippen LogP contribution in [0.5, 0.6) is 5.75 Å². The van der Waals surface area contributed by atoms with Gasteiger partial charge in [0.25, 0.3) is 0 Å². The summed E-state index contributed by atoms with van der Waals surface area (Å²) in [6.45, 7) is 0.703. The lowest BCUT2D eigenvalue weighted by atomic mass is 10.0. The van der Waals surface area contributed by atoms with Crippen LogP contribution in [0.1, 0.15) is 22.6 Å². The van der Waals surface area contributed by atoms with Crippen molar-refractivity contribution in [1.29, 1.82) is 0 Å². The standard InChI is InChI=1S/C18H19NO4S/c1-24(21,22)12-14-6-4-5-13(9-14)10-19-18(20)16-11-23-17-8-3-2-7-15(16)17/h2-9,16H,10-12H2,1H3,(H,19,20)/t16-/m0/s1. The first-order chi connectivity index (χ1) is 11.4. The molecular weight excluding hydrogens is 326 g/mol. The van der Waals surface area contributed by atoms with E-state index in [9.17, 15) is 13.2 Å². The topological polar surface area (TPSA) is 72.5 Å². The van der Waals surface area contributed by atoms with E-state index in [1.807, 2.05) is 30.3 Å². The molecule has 2 aromatic carbocycles. The largest absolute Gasteiger partial charge is 0.492 e. The fourth-order valence-electron chi connectivity index (χ4n) is 2.82. The van der Waals surface area contributed by atoms with E-state index in [0.717, 1.165) is 22.4 Å². The van der Waals surface area contributed by atoms with E-state index in [-0.39, 0.29) is 17.6 Å². The van der Waals surface area contributed by atoms with Gasteiger partial charge >= 0.3 is 0 Å². The van der Waals surface area contributed by atoms with Crippen molar-refractivity contribution in [3.8, 4) is 5.75 Å². The van der Waals surface area contributed by atoms with Gasteiger partial charge in [0.05, 0.1) is 5.75 Å². The number of fused-ring (bicyclic) bond motifs is 1. The van der Waals surface area contributed by atoms with Crippen LogP contribution in [0, 0.1) is 0 Å². The van der Waals surface area contributed by atoms with E-state index < -0.39 is 9.84 Å². The van der Waals surface area contributed by atoms with Crippen LogP contribution in [-0.2, 0) is 26.9 Å². The molecule has 0 saturated carbocycles. The molecular formula is C18H19NO4S. The SMILES string of the molecule is CS(=O)(=O)Cc1cccc(CNC(=O)[C@H]2COc3ccccc32)c1. The normalized spacial score (nSPS) is 16.3. The minimum atomic E-state index is -3.08. The Bertz CT molecular complexity index is 861. The number of nitrogens with one attached hydrogen (secondary N) is 1. The van der Waals surface area contributed by atoms with Gasteiger partial charge in [-0.15, -0.1) is 0 Å². The number of amides is 1. The van der Waals surface area contributed by atoms with E-state index in [4.69, 9.17) is 4.74 Å². The van der Waals surface area contributed by atoms with Gasteiger partial charge in [0, 0.05) is 18.4 Å². The van der Waals surface area contributed by atoms with Gasteiger partial charge in [0.1, 0.15) is 18.3 Å². The second kappa shape index (κ2) is 6.65. The number of rotatable bonds is 5. The number of para-hydroxylation sites is 1. The number of hydrogen-bond acceptors (Lipinski definition) is 4. The zero-order valence-electron chi connectivity index (χ0n) is 13.4. The molecule has 24 heavy (non-hydrogen) atoms. The molecule has 5 nitrogen and oxygen atoms in total. The minimum Gasteiger partial charge on any atom is -0.492 e. The summed E-state index contributed by atoms with van der Waals surface area (Å²) in [5.41, 5.74) is 2.50. The van der Waals surface area contributed by atoms with Crippen molar-refractivity contribution in [2.45, 2.75) is 18.2 Å². The summed E-state index contributed by atoms with van der Waals surface area (Å²) in [6, 6.07) is 14.8. The van der Waals surface area contributed by atoms with Gasteiger partial charge in [-0.2, -0.15) is 0 Å². The van der Waals surface area contributed by atoms with Crippen molar-refractivity contribution in [2.75, 3.05) is 12.9 Å². The average Bonchev–Trinajstić information content (AvgIpc) is 2.95. The number of ether oxygens (including phenoxy) is 1. The number of sulfone groups is 1. The monoisotopic (exact) mass is 345 g/mol. The molecule has 0 radical (unpaired) electrons. The third-order valence-corrected chi connectivity index (χ3v) is 4.76. The summed E-state index contributed by atoms with van der Waals surface area (Å²) in [6.07, 6.45) is 1.21. The van der Waals surface area contributed by atoms with Crippen LogP contribution in [0.25, 0.3) is 0 Å². The van der Waals surface area contributed by atoms with Crippen molar-refractivity contribution in [3.63, 3.8) is 0 Å². The van der Waals surface area contributed by atoms with E-state index >= 15 is 0 Å².